The molecule has 0 unspecified atom stereocenters. The molecule has 2 aromatic carbocycles. The molecule has 0 saturated heterocycles. The zero-order valence-corrected chi connectivity index (χ0v) is 17.1. The first kappa shape index (κ1) is 20.7. The SMILES string of the molecule is CC(C)c1cc(C(=O)c2cc(Br)ccc2C(=O)N=[N+]=[N-])cc(C(C)C)c1O. The van der Waals surface area contributed by atoms with Crippen molar-refractivity contribution in [1.29, 1.82) is 0 Å². The minimum atomic E-state index is -0.819. The molecule has 0 bridgehead atoms. The highest BCUT2D eigenvalue weighted by Crippen LogP contribution is 2.35. The molecule has 0 aliphatic rings. The maximum absolute atomic E-state index is 13.2. The number of amides is 1. The predicted molar refractivity (Wildman–Crippen MR) is 107 cm³/mol. The van der Waals surface area contributed by atoms with Crippen molar-refractivity contribution >= 4 is 27.6 Å². The molecule has 1 N–H and O–H groups in total. The fourth-order valence-electron chi connectivity index (χ4n) is 2.83. The molecule has 0 spiro atoms. The van der Waals surface area contributed by atoms with Gasteiger partial charge in [0.15, 0.2) is 5.78 Å². The highest BCUT2D eigenvalue weighted by Gasteiger charge is 2.22. The number of azide groups is 1. The first-order chi connectivity index (χ1) is 12.7. The van der Waals surface area contributed by atoms with Crippen molar-refractivity contribution < 1.29 is 14.7 Å². The molecule has 0 saturated carbocycles. The van der Waals surface area contributed by atoms with Gasteiger partial charge >= 0.3 is 0 Å². The minimum absolute atomic E-state index is 0.0158. The van der Waals surface area contributed by atoms with E-state index in [0.717, 1.165) is 0 Å². The van der Waals surface area contributed by atoms with Crippen molar-refractivity contribution in [3.8, 4) is 5.75 Å². The number of ketones is 1. The van der Waals surface area contributed by atoms with Crippen LogP contribution in [0, 0.1) is 0 Å². The lowest BCUT2D eigenvalue weighted by atomic mass is 9.88. The maximum Gasteiger partial charge on any atom is 0.249 e. The van der Waals surface area contributed by atoms with Gasteiger partial charge in [0.25, 0.3) is 0 Å². The number of phenolic OH excluding ortho intramolecular Hbond substituents is 1. The van der Waals surface area contributed by atoms with Crippen LogP contribution in [0.4, 0.5) is 0 Å². The lowest BCUT2D eigenvalue weighted by Crippen LogP contribution is -2.10. The molecular weight excluding hydrogens is 410 g/mol. The van der Waals surface area contributed by atoms with Crippen LogP contribution in [0.1, 0.15) is 76.9 Å². The van der Waals surface area contributed by atoms with E-state index >= 15 is 0 Å². The van der Waals surface area contributed by atoms with Gasteiger partial charge in [0, 0.05) is 26.1 Å². The molecule has 1 amide bonds. The summed E-state index contributed by atoms with van der Waals surface area (Å²) in [6, 6.07) is 7.88. The van der Waals surface area contributed by atoms with Gasteiger partial charge in [-0.25, -0.2) is 0 Å². The van der Waals surface area contributed by atoms with E-state index in [2.05, 4.69) is 26.0 Å². The first-order valence-corrected chi connectivity index (χ1v) is 9.27. The highest BCUT2D eigenvalue weighted by atomic mass is 79.9. The number of hydrogen-bond acceptors (Lipinski definition) is 3. The third-order valence-electron chi connectivity index (χ3n) is 4.27. The topological polar surface area (TPSA) is 103 Å². The number of aromatic hydroxyl groups is 1. The van der Waals surface area contributed by atoms with E-state index in [0.29, 0.717) is 21.2 Å². The summed E-state index contributed by atoms with van der Waals surface area (Å²) < 4.78 is 0.621. The molecule has 0 radical (unpaired) electrons. The van der Waals surface area contributed by atoms with Crippen molar-refractivity contribution in [2.45, 2.75) is 39.5 Å². The van der Waals surface area contributed by atoms with Crippen LogP contribution in [0.15, 0.2) is 39.9 Å². The minimum Gasteiger partial charge on any atom is -0.507 e. The van der Waals surface area contributed by atoms with Crippen LogP contribution < -0.4 is 0 Å². The van der Waals surface area contributed by atoms with Crippen molar-refractivity contribution in [2.24, 2.45) is 5.11 Å². The smallest absolute Gasteiger partial charge is 0.249 e. The summed E-state index contributed by atoms with van der Waals surface area (Å²) in [4.78, 5) is 27.8. The summed E-state index contributed by atoms with van der Waals surface area (Å²) in [6.45, 7) is 7.73. The molecule has 0 heterocycles. The molecular formula is C20H20BrN3O3. The Hall–Kier alpha value is -2.63. The normalized spacial score (nSPS) is 10.8. The van der Waals surface area contributed by atoms with Gasteiger partial charge in [0.05, 0.1) is 0 Å². The van der Waals surface area contributed by atoms with Crippen LogP contribution in [0.5, 0.6) is 5.75 Å². The van der Waals surface area contributed by atoms with E-state index in [4.69, 9.17) is 5.53 Å². The Morgan fingerprint density at radius 1 is 1.04 bits per heavy atom. The van der Waals surface area contributed by atoms with Gasteiger partial charge < -0.3 is 5.11 Å². The molecule has 0 aliphatic carbocycles. The third-order valence-corrected chi connectivity index (χ3v) is 4.76. The van der Waals surface area contributed by atoms with Crippen molar-refractivity contribution in [1.82, 2.24) is 0 Å². The number of carbonyl (C=O) groups excluding carboxylic acids is 2. The molecule has 2 aromatic rings. The van der Waals surface area contributed by atoms with Gasteiger partial charge in [-0.15, -0.1) is 0 Å². The largest absolute Gasteiger partial charge is 0.507 e. The number of carbonyl (C=O) groups is 2. The van der Waals surface area contributed by atoms with E-state index in [1.165, 1.54) is 12.1 Å². The average Bonchev–Trinajstić information content (AvgIpc) is 2.60. The van der Waals surface area contributed by atoms with E-state index in [9.17, 15) is 14.7 Å². The van der Waals surface area contributed by atoms with Gasteiger partial charge in [0.2, 0.25) is 5.91 Å². The number of phenols is 1. The summed E-state index contributed by atoms with van der Waals surface area (Å²) in [5.41, 5.74) is 10.4. The number of nitrogens with zero attached hydrogens (tertiary/aromatic N) is 3. The highest BCUT2D eigenvalue weighted by molar-refractivity contribution is 9.10. The Labute approximate surface area is 166 Å². The number of benzene rings is 2. The van der Waals surface area contributed by atoms with Crippen molar-refractivity contribution in [3.63, 3.8) is 0 Å². The van der Waals surface area contributed by atoms with Gasteiger partial charge in [-0.3, -0.25) is 9.59 Å². The van der Waals surface area contributed by atoms with Gasteiger partial charge in [-0.05, 0) is 63.9 Å². The van der Waals surface area contributed by atoms with Crippen molar-refractivity contribution in [3.05, 3.63) is 73.1 Å². The standard InChI is InChI=1S/C20H20BrN3O3/c1-10(2)15-7-12(8-16(11(3)4)19(15)26)18(25)17-9-13(21)5-6-14(17)20(27)23-24-22/h5-11,26H,1-4H3. The Morgan fingerprint density at radius 3 is 2.07 bits per heavy atom. The summed E-state index contributed by atoms with van der Waals surface area (Å²) in [5, 5.41) is 13.6. The Bertz CT molecular complexity index is 932. The zero-order chi connectivity index (χ0) is 20.3. The van der Waals surface area contributed by atoms with Gasteiger partial charge in [0.1, 0.15) is 5.75 Å². The number of halogens is 1. The van der Waals surface area contributed by atoms with E-state index in [1.54, 1.807) is 18.2 Å². The Balaban J connectivity index is 2.70. The first-order valence-electron chi connectivity index (χ1n) is 8.47. The molecule has 0 aromatic heterocycles. The molecule has 0 fully saturated rings. The number of hydrogen-bond donors (Lipinski definition) is 1. The second kappa shape index (κ2) is 8.37. The second-order valence-electron chi connectivity index (χ2n) is 6.83. The van der Waals surface area contributed by atoms with Crippen LogP contribution >= 0.6 is 15.9 Å². The fourth-order valence-corrected chi connectivity index (χ4v) is 3.19. The average molecular weight is 430 g/mol. The van der Waals surface area contributed by atoms with Gasteiger partial charge in [-0.1, -0.05) is 43.6 Å². The second-order valence-corrected chi connectivity index (χ2v) is 7.74. The van der Waals surface area contributed by atoms with Crippen molar-refractivity contribution in [2.75, 3.05) is 0 Å². The molecule has 7 heteroatoms. The lowest BCUT2D eigenvalue weighted by Gasteiger charge is -2.17. The Morgan fingerprint density at radius 2 is 1.59 bits per heavy atom. The third kappa shape index (κ3) is 4.38. The molecule has 140 valence electrons. The van der Waals surface area contributed by atoms with Crippen LogP contribution in [-0.4, -0.2) is 16.8 Å². The summed E-state index contributed by atoms with van der Waals surface area (Å²) >= 11 is 3.31. The summed E-state index contributed by atoms with van der Waals surface area (Å²) in [6.07, 6.45) is 0. The van der Waals surface area contributed by atoms with Crippen LogP contribution in [-0.2, 0) is 0 Å². The molecule has 6 nitrogen and oxygen atoms in total. The van der Waals surface area contributed by atoms with Crippen LogP contribution in [0.3, 0.4) is 0 Å². The van der Waals surface area contributed by atoms with Crippen LogP contribution in [0.2, 0.25) is 0 Å². The lowest BCUT2D eigenvalue weighted by molar-refractivity contribution is 0.0981. The molecule has 27 heavy (non-hydrogen) atoms. The zero-order valence-electron chi connectivity index (χ0n) is 15.5. The van der Waals surface area contributed by atoms with Crippen LogP contribution in [0.25, 0.3) is 10.4 Å². The maximum atomic E-state index is 13.2. The van der Waals surface area contributed by atoms with E-state index < -0.39 is 5.91 Å². The van der Waals surface area contributed by atoms with Gasteiger partial charge in [-0.2, -0.15) is 0 Å². The summed E-state index contributed by atoms with van der Waals surface area (Å²) in [7, 11) is 0. The quantitative estimate of drug-likeness (QED) is 0.269. The van der Waals surface area contributed by atoms with E-state index in [-0.39, 0.29) is 34.5 Å². The predicted octanol–water partition coefficient (Wildman–Crippen LogP) is 6.08. The molecule has 0 aliphatic heterocycles. The fraction of sp³-hybridized carbons (Fsp3) is 0.300. The number of rotatable bonds is 5. The molecule has 2 rings (SSSR count). The molecule has 0 atom stereocenters. The van der Waals surface area contributed by atoms with E-state index in [1.807, 2.05) is 27.7 Å². The summed E-state index contributed by atoms with van der Waals surface area (Å²) in [5.74, 6) is -0.975. The Kier molecular flexibility index (Phi) is 6.41. The monoisotopic (exact) mass is 429 g/mol.